The predicted molar refractivity (Wildman–Crippen MR) is 85.6 cm³/mol. The van der Waals surface area contributed by atoms with E-state index in [1.165, 1.54) is 0 Å². The Bertz CT molecular complexity index is 622. The van der Waals surface area contributed by atoms with Crippen molar-refractivity contribution in [1.29, 1.82) is 0 Å². The van der Waals surface area contributed by atoms with Crippen LogP contribution >= 0.6 is 0 Å². The molecule has 0 aliphatic carbocycles. The lowest BCUT2D eigenvalue weighted by molar-refractivity contribution is 0.288. The maximum atomic E-state index is 5.80. The zero-order valence-electron chi connectivity index (χ0n) is 13.5. The Balaban J connectivity index is 1.98. The summed E-state index contributed by atoms with van der Waals surface area (Å²) < 4.78 is 10.9. The maximum absolute atomic E-state index is 5.80. The first-order valence-corrected chi connectivity index (χ1v) is 7.43. The highest BCUT2D eigenvalue weighted by Crippen LogP contribution is 2.20. The molecule has 2 rings (SSSR count). The molecule has 118 valence electrons. The van der Waals surface area contributed by atoms with E-state index >= 15 is 0 Å². The van der Waals surface area contributed by atoms with Crippen molar-refractivity contribution in [3.63, 3.8) is 0 Å². The van der Waals surface area contributed by atoms with Gasteiger partial charge in [-0.25, -0.2) is 0 Å². The van der Waals surface area contributed by atoms with E-state index < -0.39 is 0 Å². The van der Waals surface area contributed by atoms with Gasteiger partial charge < -0.3 is 9.26 Å². The van der Waals surface area contributed by atoms with Gasteiger partial charge in [-0.15, -0.1) is 0 Å². The number of aromatic nitrogens is 2. The second kappa shape index (κ2) is 7.75. The first-order valence-electron chi connectivity index (χ1n) is 7.43. The number of aryl methyl sites for hydroxylation is 1. The second-order valence-electron chi connectivity index (χ2n) is 5.48. The van der Waals surface area contributed by atoms with Crippen LogP contribution in [0.4, 0.5) is 0 Å². The molecular weight excluding hydrogens is 278 g/mol. The first kappa shape index (κ1) is 16.2. The van der Waals surface area contributed by atoms with Crippen LogP contribution in [0.5, 0.6) is 5.75 Å². The first-order chi connectivity index (χ1) is 10.6. The molecule has 0 aliphatic rings. The largest absolute Gasteiger partial charge is 0.489 e. The van der Waals surface area contributed by atoms with Crippen LogP contribution < -0.4 is 4.74 Å². The van der Waals surface area contributed by atoms with E-state index in [0.29, 0.717) is 24.9 Å². The second-order valence-corrected chi connectivity index (χ2v) is 5.48. The predicted octanol–water partition coefficient (Wildman–Crippen LogP) is 3.22. The van der Waals surface area contributed by atoms with Gasteiger partial charge in [-0.05, 0) is 25.6 Å². The summed E-state index contributed by atoms with van der Waals surface area (Å²) in [5.74, 6) is 2.27. The van der Waals surface area contributed by atoms with Crippen molar-refractivity contribution in [2.75, 3.05) is 13.7 Å². The molecule has 0 radical (unpaired) electrons. The van der Waals surface area contributed by atoms with Gasteiger partial charge in [0.1, 0.15) is 12.4 Å². The van der Waals surface area contributed by atoms with E-state index in [2.05, 4.69) is 27.7 Å². The Kier molecular flexibility index (Phi) is 5.72. The van der Waals surface area contributed by atoms with Crippen LogP contribution in [-0.2, 0) is 19.5 Å². The molecule has 0 aliphatic heterocycles. The van der Waals surface area contributed by atoms with Gasteiger partial charge in [0.2, 0.25) is 5.89 Å². The van der Waals surface area contributed by atoms with Crippen molar-refractivity contribution in [3.05, 3.63) is 53.7 Å². The molecule has 0 unspecified atom stereocenters. The van der Waals surface area contributed by atoms with E-state index in [4.69, 9.17) is 9.26 Å². The molecule has 0 saturated carbocycles. The van der Waals surface area contributed by atoms with Gasteiger partial charge in [0.25, 0.3) is 0 Å². The summed E-state index contributed by atoms with van der Waals surface area (Å²) in [4.78, 5) is 6.46. The number of nitrogens with zero attached hydrogens (tertiary/aromatic N) is 3. The summed E-state index contributed by atoms with van der Waals surface area (Å²) in [7, 11) is 2.03. The molecule has 0 atom stereocenters. The van der Waals surface area contributed by atoms with E-state index in [1.807, 2.05) is 39.1 Å². The van der Waals surface area contributed by atoms with Crippen LogP contribution in [-0.4, -0.2) is 28.7 Å². The Labute approximate surface area is 131 Å². The highest BCUT2D eigenvalue weighted by atomic mass is 16.5. The molecule has 22 heavy (non-hydrogen) atoms. The lowest BCUT2D eigenvalue weighted by Gasteiger charge is -2.17. The molecule has 0 bridgehead atoms. The van der Waals surface area contributed by atoms with Gasteiger partial charge in [0.05, 0.1) is 6.54 Å². The van der Waals surface area contributed by atoms with Crippen LogP contribution in [0.25, 0.3) is 0 Å². The molecule has 0 amide bonds. The van der Waals surface area contributed by atoms with Crippen LogP contribution in [0.1, 0.15) is 31.1 Å². The van der Waals surface area contributed by atoms with Crippen molar-refractivity contribution in [2.24, 2.45) is 0 Å². The minimum absolute atomic E-state index is 0.533. The van der Waals surface area contributed by atoms with Crippen LogP contribution in [0.15, 0.2) is 40.9 Å². The topological polar surface area (TPSA) is 51.4 Å². The minimum Gasteiger partial charge on any atom is -0.489 e. The van der Waals surface area contributed by atoms with Crippen molar-refractivity contribution in [1.82, 2.24) is 15.0 Å². The molecule has 5 heteroatoms. The van der Waals surface area contributed by atoms with Gasteiger partial charge in [-0.1, -0.05) is 36.9 Å². The summed E-state index contributed by atoms with van der Waals surface area (Å²) in [5.41, 5.74) is 2.13. The summed E-state index contributed by atoms with van der Waals surface area (Å²) in [6.07, 6.45) is 0.758. The number of para-hydroxylation sites is 1. The SMILES string of the molecule is C=C(C)COc1ccccc1CN(C)Cc1noc(CC)n1. The molecule has 0 fully saturated rings. The molecule has 0 saturated heterocycles. The van der Waals surface area contributed by atoms with Crippen molar-refractivity contribution < 1.29 is 9.26 Å². The quantitative estimate of drug-likeness (QED) is 0.701. The van der Waals surface area contributed by atoms with Crippen LogP contribution in [0, 0.1) is 0 Å². The van der Waals surface area contributed by atoms with Crippen LogP contribution in [0.2, 0.25) is 0 Å². The monoisotopic (exact) mass is 301 g/mol. The standard InChI is InChI=1S/C17H23N3O2/c1-5-17-18-16(19-22-17)11-20(4)10-14-8-6-7-9-15(14)21-12-13(2)3/h6-9H,2,5,10-12H2,1,3-4H3. The van der Waals surface area contributed by atoms with Gasteiger partial charge in [-0.2, -0.15) is 4.98 Å². The Hall–Kier alpha value is -2.14. The summed E-state index contributed by atoms with van der Waals surface area (Å²) in [6, 6.07) is 8.04. The maximum Gasteiger partial charge on any atom is 0.226 e. The van der Waals surface area contributed by atoms with E-state index in [0.717, 1.165) is 29.9 Å². The van der Waals surface area contributed by atoms with Crippen molar-refractivity contribution in [2.45, 2.75) is 33.4 Å². The number of benzene rings is 1. The molecule has 2 aromatic rings. The average molecular weight is 301 g/mol. The fraction of sp³-hybridized carbons (Fsp3) is 0.412. The molecular formula is C17H23N3O2. The molecule has 5 nitrogen and oxygen atoms in total. The zero-order chi connectivity index (χ0) is 15.9. The van der Waals surface area contributed by atoms with Crippen molar-refractivity contribution >= 4 is 0 Å². The number of rotatable bonds is 8. The summed E-state index contributed by atoms with van der Waals surface area (Å²) >= 11 is 0. The van der Waals surface area contributed by atoms with E-state index in [1.54, 1.807) is 0 Å². The number of hydrogen-bond acceptors (Lipinski definition) is 5. The third-order valence-electron chi connectivity index (χ3n) is 3.11. The lowest BCUT2D eigenvalue weighted by Crippen LogP contribution is -2.18. The fourth-order valence-corrected chi connectivity index (χ4v) is 2.06. The van der Waals surface area contributed by atoms with Gasteiger partial charge >= 0.3 is 0 Å². The highest BCUT2D eigenvalue weighted by Gasteiger charge is 2.10. The average Bonchev–Trinajstić information content (AvgIpc) is 2.93. The fourth-order valence-electron chi connectivity index (χ4n) is 2.06. The van der Waals surface area contributed by atoms with Crippen molar-refractivity contribution in [3.8, 4) is 5.75 Å². The lowest BCUT2D eigenvalue weighted by atomic mass is 10.2. The smallest absolute Gasteiger partial charge is 0.226 e. The van der Waals surface area contributed by atoms with E-state index in [-0.39, 0.29) is 0 Å². The molecule has 1 heterocycles. The number of hydrogen-bond donors (Lipinski definition) is 0. The molecule has 1 aromatic heterocycles. The minimum atomic E-state index is 0.533. The third kappa shape index (κ3) is 4.70. The number of ether oxygens (including phenoxy) is 1. The van der Waals surface area contributed by atoms with Gasteiger partial charge in [0.15, 0.2) is 5.82 Å². The van der Waals surface area contributed by atoms with Gasteiger partial charge in [0, 0.05) is 18.5 Å². The normalized spacial score (nSPS) is 10.9. The molecule has 1 aromatic carbocycles. The Morgan fingerprint density at radius 2 is 2.09 bits per heavy atom. The van der Waals surface area contributed by atoms with Crippen LogP contribution in [0.3, 0.4) is 0 Å². The third-order valence-corrected chi connectivity index (χ3v) is 3.11. The van der Waals surface area contributed by atoms with E-state index in [9.17, 15) is 0 Å². The summed E-state index contributed by atoms with van der Waals surface area (Å²) in [6.45, 7) is 9.74. The molecule has 0 N–H and O–H groups in total. The highest BCUT2D eigenvalue weighted by molar-refractivity contribution is 5.33. The van der Waals surface area contributed by atoms with Gasteiger partial charge in [-0.3, -0.25) is 4.90 Å². The molecule has 0 spiro atoms. The zero-order valence-corrected chi connectivity index (χ0v) is 13.5. The Morgan fingerprint density at radius 1 is 1.32 bits per heavy atom. The Morgan fingerprint density at radius 3 is 2.77 bits per heavy atom. The summed E-state index contributed by atoms with van der Waals surface area (Å²) in [5, 5.41) is 3.98.